The maximum atomic E-state index is 13.0. The molecule has 0 radical (unpaired) electrons. The predicted octanol–water partition coefficient (Wildman–Crippen LogP) is 4.31. The fraction of sp³-hybridized carbons (Fsp3) is 0.0952. The summed E-state index contributed by atoms with van der Waals surface area (Å²) in [5, 5.41) is 7.06. The monoisotopic (exact) mass is 375 g/mol. The fourth-order valence-corrected chi connectivity index (χ4v) is 3.39. The zero-order chi connectivity index (χ0) is 18.6. The van der Waals surface area contributed by atoms with E-state index in [-0.39, 0.29) is 12.2 Å². The Labute approximate surface area is 160 Å². The lowest BCUT2D eigenvalue weighted by Gasteiger charge is -2.11. The SMILES string of the molecule is C/C(=N\n1c(COc2ccccc2)nc2ccccc2c1=O)c1cccs1. The Hall–Kier alpha value is -3.25. The minimum Gasteiger partial charge on any atom is -0.486 e. The highest BCUT2D eigenvalue weighted by molar-refractivity contribution is 7.12. The zero-order valence-corrected chi connectivity index (χ0v) is 15.5. The minimum absolute atomic E-state index is 0.144. The number of thiophene rings is 1. The highest BCUT2D eigenvalue weighted by Crippen LogP contribution is 2.14. The molecule has 0 saturated heterocycles. The van der Waals surface area contributed by atoms with Gasteiger partial charge in [0.15, 0.2) is 5.82 Å². The van der Waals surface area contributed by atoms with Crippen molar-refractivity contribution in [3.63, 3.8) is 0 Å². The number of para-hydroxylation sites is 2. The molecule has 0 atom stereocenters. The number of rotatable bonds is 5. The van der Waals surface area contributed by atoms with E-state index in [1.165, 1.54) is 4.68 Å². The van der Waals surface area contributed by atoms with E-state index in [0.29, 0.717) is 22.5 Å². The van der Waals surface area contributed by atoms with Crippen LogP contribution in [0.3, 0.4) is 0 Å². The average molecular weight is 375 g/mol. The van der Waals surface area contributed by atoms with Gasteiger partial charge in [0.1, 0.15) is 12.4 Å². The summed E-state index contributed by atoms with van der Waals surface area (Å²) in [4.78, 5) is 18.7. The van der Waals surface area contributed by atoms with E-state index in [2.05, 4.69) is 10.1 Å². The van der Waals surface area contributed by atoms with Gasteiger partial charge in [-0.05, 0) is 42.6 Å². The first kappa shape index (κ1) is 17.2. The van der Waals surface area contributed by atoms with E-state index >= 15 is 0 Å². The summed E-state index contributed by atoms with van der Waals surface area (Å²) < 4.78 is 7.17. The third-order valence-corrected chi connectivity index (χ3v) is 5.04. The van der Waals surface area contributed by atoms with Crippen LogP contribution in [0.2, 0.25) is 0 Å². The maximum absolute atomic E-state index is 13.0. The predicted molar refractivity (Wildman–Crippen MR) is 109 cm³/mol. The normalized spacial score (nSPS) is 11.7. The van der Waals surface area contributed by atoms with Gasteiger partial charge in [0.05, 0.1) is 21.5 Å². The van der Waals surface area contributed by atoms with Gasteiger partial charge in [-0.2, -0.15) is 9.78 Å². The Kier molecular flexibility index (Phi) is 4.80. The second kappa shape index (κ2) is 7.55. The smallest absolute Gasteiger partial charge is 0.282 e. The zero-order valence-electron chi connectivity index (χ0n) is 14.7. The summed E-state index contributed by atoms with van der Waals surface area (Å²) in [6.45, 7) is 2.03. The summed E-state index contributed by atoms with van der Waals surface area (Å²) in [6, 6.07) is 20.7. The molecule has 0 aliphatic carbocycles. The average Bonchev–Trinajstić information content (AvgIpc) is 3.24. The van der Waals surface area contributed by atoms with E-state index in [1.54, 1.807) is 17.4 Å². The Morgan fingerprint density at radius 1 is 1.07 bits per heavy atom. The van der Waals surface area contributed by atoms with Crippen molar-refractivity contribution in [1.29, 1.82) is 0 Å². The van der Waals surface area contributed by atoms with Crippen LogP contribution in [0.4, 0.5) is 0 Å². The molecule has 5 nitrogen and oxygen atoms in total. The van der Waals surface area contributed by atoms with Crippen LogP contribution in [-0.4, -0.2) is 15.4 Å². The van der Waals surface area contributed by atoms with Crippen LogP contribution < -0.4 is 10.3 Å². The number of hydrogen-bond acceptors (Lipinski definition) is 5. The number of fused-ring (bicyclic) bond motifs is 1. The van der Waals surface area contributed by atoms with Crippen LogP contribution in [0.25, 0.3) is 10.9 Å². The number of nitrogens with zero attached hydrogens (tertiary/aromatic N) is 3. The first-order valence-corrected chi connectivity index (χ1v) is 9.38. The lowest BCUT2D eigenvalue weighted by Crippen LogP contribution is -2.24. The first-order valence-electron chi connectivity index (χ1n) is 8.50. The topological polar surface area (TPSA) is 56.5 Å². The van der Waals surface area contributed by atoms with Crippen molar-refractivity contribution in [3.05, 3.63) is 93.2 Å². The molecule has 0 fully saturated rings. The third-order valence-electron chi connectivity index (χ3n) is 4.06. The first-order chi connectivity index (χ1) is 13.2. The van der Waals surface area contributed by atoms with Crippen LogP contribution in [0.1, 0.15) is 17.6 Å². The van der Waals surface area contributed by atoms with Crippen LogP contribution in [0, 0.1) is 0 Å². The van der Waals surface area contributed by atoms with Crippen molar-refractivity contribution < 1.29 is 4.74 Å². The van der Waals surface area contributed by atoms with Gasteiger partial charge in [0, 0.05) is 0 Å². The molecule has 0 unspecified atom stereocenters. The van der Waals surface area contributed by atoms with Gasteiger partial charge < -0.3 is 4.74 Å². The van der Waals surface area contributed by atoms with Crippen molar-refractivity contribution >= 4 is 28.0 Å². The molecule has 0 N–H and O–H groups in total. The molecule has 2 heterocycles. The number of ether oxygens (including phenoxy) is 1. The molecule has 2 aromatic carbocycles. The van der Waals surface area contributed by atoms with E-state index in [9.17, 15) is 4.79 Å². The molecular formula is C21H17N3O2S. The molecule has 0 aliphatic rings. The lowest BCUT2D eigenvalue weighted by molar-refractivity contribution is 0.289. The summed E-state index contributed by atoms with van der Waals surface area (Å²) in [6.07, 6.45) is 0. The van der Waals surface area contributed by atoms with Gasteiger partial charge in [0.25, 0.3) is 5.56 Å². The number of benzene rings is 2. The quantitative estimate of drug-likeness (QED) is 0.489. The Bertz CT molecular complexity index is 1150. The Morgan fingerprint density at radius 2 is 1.85 bits per heavy atom. The third kappa shape index (κ3) is 3.66. The Morgan fingerprint density at radius 3 is 2.63 bits per heavy atom. The minimum atomic E-state index is -0.205. The molecule has 4 rings (SSSR count). The summed E-state index contributed by atoms with van der Waals surface area (Å²) >= 11 is 1.58. The molecule has 0 spiro atoms. The summed E-state index contributed by atoms with van der Waals surface area (Å²) in [5.41, 5.74) is 1.18. The van der Waals surface area contributed by atoms with Crippen LogP contribution in [0.5, 0.6) is 5.75 Å². The molecule has 4 aromatic rings. The molecule has 6 heteroatoms. The fourth-order valence-electron chi connectivity index (χ4n) is 2.71. The molecule has 0 saturated carbocycles. The van der Waals surface area contributed by atoms with Crippen LogP contribution in [0.15, 0.2) is 82.0 Å². The Balaban J connectivity index is 1.80. The largest absolute Gasteiger partial charge is 0.486 e. The van der Waals surface area contributed by atoms with Crippen molar-refractivity contribution in [1.82, 2.24) is 9.66 Å². The second-order valence-corrected chi connectivity index (χ2v) is 6.87. The standard InChI is InChI=1S/C21H17N3O2S/c1-15(19-12-7-13-27-19)23-24-20(14-26-16-8-3-2-4-9-16)22-18-11-6-5-10-17(18)21(24)25/h2-13H,14H2,1H3/b23-15+. The van der Waals surface area contributed by atoms with E-state index in [4.69, 9.17) is 4.74 Å². The summed E-state index contributed by atoms with van der Waals surface area (Å²) in [5.74, 6) is 1.17. The van der Waals surface area contributed by atoms with E-state index in [1.807, 2.05) is 73.0 Å². The van der Waals surface area contributed by atoms with Crippen LogP contribution >= 0.6 is 11.3 Å². The van der Waals surface area contributed by atoms with E-state index < -0.39 is 0 Å². The molecule has 134 valence electrons. The van der Waals surface area contributed by atoms with Crippen molar-refractivity contribution in [2.75, 3.05) is 0 Å². The van der Waals surface area contributed by atoms with Crippen molar-refractivity contribution in [3.8, 4) is 5.75 Å². The van der Waals surface area contributed by atoms with Gasteiger partial charge in [-0.25, -0.2) is 4.98 Å². The lowest BCUT2D eigenvalue weighted by atomic mass is 10.2. The van der Waals surface area contributed by atoms with Gasteiger partial charge >= 0.3 is 0 Å². The number of hydrogen-bond donors (Lipinski definition) is 0. The highest BCUT2D eigenvalue weighted by Gasteiger charge is 2.12. The molecule has 0 amide bonds. The van der Waals surface area contributed by atoms with Gasteiger partial charge in [-0.3, -0.25) is 4.79 Å². The van der Waals surface area contributed by atoms with Crippen molar-refractivity contribution in [2.45, 2.75) is 13.5 Å². The van der Waals surface area contributed by atoms with Crippen LogP contribution in [-0.2, 0) is 6.61 Å². The van der Waals surface area contributed by atoms with Crippen molar-refractivity contribution in [2.24, 2.45) is 5.10 Å². The number of aromatic nitrogens is 2. The summed E-state index contributed by atoms with van der Waals surface area (Å²) in [7, 11) is 0. The van der Waals surface area contributed by atoms with E-state index in [0.717, 1.165) is 10.6 Å². The van der Waals surface area contributed by atoms with Gasteiger partial charge in [0.2, 0.25) is 0 Å². The molecular weight excluding hydrogens is 358 g/mol. The second-order valence-electron chi connectivity index (χ2n) is 5.93. The molecule has 0 aliphatic heterocycles. The molecule has 0 bridgehead atoms. The maximum Gasteiger partial charge on any atom is 0.282 e. The molecule has 2 aromatic heterocycles. The highest BCUT2D eigenvalue weighted by atomic mass is 32.1. The van der Waals surface area contributed by atoms with Gasteiger partial charge in [-0.15, -0.1) is 11.3 Å². The molecule has 27 heavy (non-hydrogen) atoms. The van der Waals surface area contributed by atoms with Gasteiger partial charge in [-0.1, -0.05) is 36.4 Å².